The Bertz CT molecular complexity index is 1660. The highest BCUT2D eigenvalue weighted by Crippen LogP contribution is 2.59. The number of esters is 1. The second-order valence-corrected chi connectivity index (χ2v) is 11.2. The van der Waals surface area contributed by atoms with Crippen molar-refractivity contribution in [3.63, 3.8) is 0 Å². The van der Waals surface area contributed by atoms with Crippen molar-refractivity contribution >= 4 is 46.6 Å². The molecule has 3 atom stereocenters. The summed E-state index contributed by atoms with van der Waals surface area (Å²) < 4.78 is 5.48. The van der Waals surface area contributed by atoms with Crippen molar-refractivity contribution in [3.8, 4) is 0 Å². The van der Waals surface area contributed by atoms with Crippen molar-refractivity contribution in [3.05, 3.63) is 111 Å². The largest absolute Gasteiger partial charge is 0.465 e. The van der Waals surface area contributed by atoms with Crippen molar-refractivity contribution in [1.29, 1.82) is 0 Å². The maximum absolute atomic E-state index is 14.6. The van der Waals surface area contributed by atoms with Crippen LogP contribution in [0.3, 0.4) is 0 Å². The molecule has 0 saturated heterocycles. The fourth-order valence-electron chi connectivity index (χ4n) is 6.20. The lowest BCUT2D eigenvalue weighted by atomic mass is 9.64. The van der Waals surface area contributed by atoms with Gasteiger partial charge in [0.05, 0.1) is 12.3 Å². The van der Waals surface area contributed by atoms with E-state index < -0.39 is 40.8 Å². The molecule has 214 valence electrons. The second-order valence-electron chi connectivity index (χ2n) is 10.8. The molecule has 1 spiro atoms. The van der Waals surface area contributed by atoms with Crippen molar-refractivity contribution in [1.82, 2.24) is 0 Å². The number of hydrogen-bond donors (Lipinski definition) is 0. The zero-order chi connectivity index (χ0) is 30.3. The molecule has 0 fully saturated rings. The number of allylic oxidation sites excluding steroid dienone is 1. The predicted molar refractivity (Wildman–Crippen MR) is 159 cm³/mol. The van der Waals surface area contributed by atoms with Crippen molar-refractivity contribution < 1.29 is 28.7 Å². The molecule has 0 unspecified atom stereocenters. The van der Waals surface area contributed by atoms with Crippen molar-refractivity contribution in [2.75, 3.05) is 11.5 Å². The van der Waals surface area contributed by atoms with Crippen LogP contribution in [0.4, 0.5) is 5.69 Å². The molecule has 7 nitrogen and oxygen atoms in total. The number of ketones is 2. The van der Waals surface area contributed by atoms with E-state index in [9.17, 15) is 24.0 Å². The zero-order valence-electron chi connectivity index (χ0n) is 23.8. The Hall–Kier alpha value is -4.36. The molecule has 1 aliphatic heterocycles. The number of nitrogens with zero attached hydrogens (tertiary/aromatic N) is 1. The number of fused-ring (bicyclic) bond motifs is 2. The van der Waals surface area contributed by atoms with Crippen LogP contribution in [0.2, 0.25) is 5.02 Å². The first kappa shape index (κ1) is 29.1. The summed E-state index contributed by atoms with van der Waals surface area (Å²) in [6.07, 6.45) is 1.37. The number of amides is 2. The lowest BCUT2D eigenvalue weighted by molar-refractivity contribution is -0.152. The van der Waals surface area contributed by atoms with Crippen LogP contribution in [0.1, 0.15) is 57.7 Å². The van der Waals surface area contributed by atoms with Crippen LogP contribution < -0.4 is 4.90 Å². The highest BCUT2D eigenvalue weighted by molar-refractivity contribution is 6.32. The van der Waals surface area contributed by atoms with E-state index in [-0.39, 0.29) is 35.1 Å². The molecule has 1 aliphatic carbocycles. The third-order valence-electron chi connectivity index (χ3n) is 8.13. The number of ether oxygens (including phenoxy) is 1. The number of halogens is 1. The number of rotatable bonds is 7. The molecule has 0 N–H and O–H groups in total. The monoisotopic (exact) mass is 583 g/mol. The number of anilines is 1. The first-order valence-electron chi connectivity index (χ1n) is 13.7. The maximum Gasteiger partial charge on any atom is 0.315 e. The first-order valence-corrected chi connectivity index (χ1v) is 14.1. The lowest BCUT2D eigenvalue weighted by Gasteiger charge is -2.35. The van der Waals surface area contributed by atoms with Gasteiger partial charge >= 0.3 is 5.97 Å². The summed E-state index contributed by atoms with van der Waals surface area (Å²) in [6, 6.07) is 18.6. The Kier molecular flexibility index (Phi) is 7.73. The topological polar surface area (TPSA) is 97.8 Å². The number of carbonyl (C=O) groups excluding carboxylic acids is 5. The molecule has 2 aliphatic rings. The van der Waals surface area contributed by atoms with Crippen LogP contribution in [-0.4, -0.2) is 36.0 Å². The minimum Gasteiger partial charge on any atom is -0.465 e. The fraction of sp³-hybridized carbons (Fsp3) is 0.265. The Balaban J connectivity index is 1.75. The number of Topliss-reactive ketones (excluding diaryl/α,β-unsaturated/α-hetero) is 2. The Morgan fingerprint density at radius 2 is 1.50 bits per heavy atom. The average molecular weight is 584 g/mol. The van der Waals surface area contributed by atoms with E-state index >= 15 is 0 Å². The first-order chi connectivity index (χ1) is 20.0. The number of hydrogen-bond acceptors (Lipinski definition) is 6. The number of aryl methyl sites for hydroxylation is 2. The summed E-state index contributed by atoms with van der Waals surface area (Å²) in [5.41, 5.74) is 1.51. The van der Waals surface area contributed by atoms with Crippen LogP contribution in [0.15, 0.2) is 78.4 Å². The molecule has 8 heteroatoms. The summed E-state index contributed by atoms with van der Waals surface area (Å²) >= 11 is 6.31. The summed E-state index contributed by atoms with van der Waals surface area (Å²) in [5.74, 6) is -5.14. The van der Waals surface area contributed by atoms with Gasteiger partial charge in [0.25, 0.3) is 0 Å². The molecule has 0 radical (unpaired) electrons. The standard InChI is InChI=1S/C34H30ClNO6/c1-5-42-32(40)30-26(31(39)23-12-8-20(3)9-13-23)16-24(17-29(38)22-10-6-19(2)7-11-22)34(30)27-15-14-25(35)18-28(27)36(21(4)37)33(34)41/h6-16,18,24,30H,5,17H2,1-4H3/t24-,30+,34-/m0/s1. The molecule has 1 heterocycles. The summed E-state index contributed by atoms with van der Waals surface area (Å²) in [6.45, 7) is 6.68. The SMILES string of the molecule is CCOC(=O)[C@H]1C(C(=O)c2ccc(C)cc2)=C[C@@H](CC(=O)c2ccc(C)cc2)[C@@]12C(=O)N(C(C)=O)c1cc(Cl)ccc12. The van der Waals surface area contributed by atoms with Gasteiger partial charge in [0, 0.05) is 41.0 Å². The van der Waals surface area contributed by atoms with Crippen LogP contribution in [0, 0.1) is 25.7 Å². The summed E-state index contributed by atoms with van der Waals surface area (Å²) in [5, 5.41) is 0.284. The van der Waals surface area contributed by atoms with E-state index in [1.54, 1.807) is 61.5 Å². The summed E-state index contributed by atoms with van der Waals surface area (Å²) in [7, 11) is 0. The predicted octanol–water partition coefficient (Wildman–Crippen LogP) is 5.98. The number of imide groups is 1. The van der Waals surface area contributed by atoms with Gasteiger partial charge in [-0.3, -0.25) is 24.0 Å². The minimum atomic E-state index is -1.78. The normalized spacial score (nSPS) is 20.8. The van der Waals surface area contributed by atoms with Gasteiger partial charge in [-0.2, -0.15) is 0 Å². The molecule has 5 rings (SSSR count). The van der Waals surface area contributed by atoms with Crippen LogP contribution >= 0.6 is 11.6 Å². The molecule has 2 amide bonds. The third kappa shape index (κ3) is 4.68. The van der Waals surface area contributed by atoms with Gasteiger partial charge in [0.1, 0.15) is 11.3 Å². The minimum absolute atomic E-state index is 0.00245. The van der Waals surface area contributed by atoms with Crippen molar-refractivity contribution in [2.24, 2.45) is 11.8 Å². The van der Waals surface area contributed by atoms with E-state index in [0.717, 1.165) is 16.0 Å². The molecule has 0 aromatic heterocycles. The van der Waals surface area contributed by atoms with Gasteiger partial charge in [-0.15, -0.1) is 0 Å². The number of carbonyl (C=O) groups is 5. The Morgan fingerprint density at radius 1 is 0.905 bits per heavy atom. The van der Waals surface area contributed by atoms with E-state index in [1.807, 2.05) is 26.0 Å². The highest BCUT2D eigenvalue weighted by atomic mass is 35.5. The fourth-order valence-corrected chi connectivity index (χ4v) is 6.36. The van der Waals surface area contributed by atoms with E-state index in [2.05, 4.69) is 0 Å². The van der Waals surface area contributed by atoms with Gasteiger partial charge in [-0.25, -0.2) is 4.90 Å². The van der Waals surface area contributed by atoms with Crippen LogP contribution in [0.5, 0.6) is 0 Å². The average Bonchev–Trinajstić information content (AvgIpc) is 3.41. The molecule has 42 heavy (non-hydrogen) atoms. The lowest BCUT2D eigenvalue weighted by Crippen LogP contribution is -2.52. The van der Waals surface area contributed by atoms with Crippen molar-refractivity contribution in [2.45, 2.75) is 39.5 Å². The summed E-state index contributed by atoms with van der Waals surface area (Å²) in [4.78, 5) is 70.1. The maximum atomic E-state index is 14.6. The van der Waals surface area contributed by atoms with Crippen LogP contribution in [-0.2, 0) is 24.5 Å². The smallest absolute Gasteiger partial charge is 0.315 e. The third-order valence-corrected chi connectivity index (χ3v) is 8.36. The molecular formula is C34H30ClNO6. The van der Waals surface area contributed by atoms with Gasteiger partial charge in [-0.05, 0) is 38.5 Å². The molecule has 0 saturated carbocycles. The molecular weight excluding hydrogens is 554 g/mol. The van der Waals surface area contributed by atoms with Gasteiger partial charge < -0.3 is 4.74 Å². The van der Waals surface area contributed by atoms with E-state index in [0.29, 0.717) is 16.7 Å². The van der Waals surface area contributed by atoms with Gasteiger partial charge in [0.15, 0.2) is 11.6 Å². The molecule has 3 aromatic carbocycles. The number of benzene rings is 3. The quantitative estimate of drug-likeness (QED) is 0.251. The highest BCUT2D eigenvalue weighted by Gasteiger charge is 2.67. The Morgan fingerprint density at radius 3 is 2.07 bits per heavy atom. The van der Waals surface area contributed by atoms with E-state index in [1.165, 1.54) is 13.0 Å². The molecule has 0 bridgehead atoms. The Labute approximate surface area is 249 Å². The second kappa shape index (κ2) is 11.1. The van der Waals surface area contributed by atoms with E-state index in [4.69, 9.17) is 16.3 Å². The molecule has 3 aromatic rings. The zero-order valence-corrected chi connectivity index (χ0v) is 24.5. The van der Waals surface area contributed by atoms with Crippen LogP contribution in [0.25, 0.3) is 0 Å². The van der Waals surface area contributed by atoms with Gasteiger partial charge in [-0.1, -0.05) is 83.4 Å². The van der Waals surface area contributed by atoms with Gasteiger partial charge in [0.2, 0.25) is 11.8 Å².